The van der Waals surface area contributed by atoms with Crippen molar-refractivity contribution in [1.82, 2.24) is 10.3 Å². The third-order valence-corrected chi connectivity index (χ3v) is 3.30. The van der Waals surface area contributed by atoms with Crippen LogP contribution in [0.15, 0.2) is 42.7 Å². The highest BCUT2D eigenvalue weighted by molar-refractivity contribution is 5.38. The molecule has 0 aliphatic heterocycles. The second kappa shape index (κ2) is 6.34. The van der Waals surface area contributed by atoms with Gasteiger partial charge in [0, 0.05) is 18.4 Å². The van der Waals surface area contributed by atoms with Gasteiger partial charge in [0.25, 0.3) is 0 Å². The Morgan fingerprint density at radius 2 is 2.16 bits per heavy atom. The molecule has 3 heteroatoms. The van der Waals surface area contributed by atoms with Crippen LogP contribution >= 0.6 is 0 Å². The number of aromatic nitrogens is 1. The fraction of sp³-hybridized carbons (Fsp3) is 0.312. The van der Waals surface area contributed by atoms with Crippen molar-refractivity contribution in [3.8, 4) is 5.75 Å². The average Bonchev–Trinajstić information content (AvgIpc) is 2.46. The summed E-state index contributed by atoms with van der Waals surface area (Å²) in [5.41, 5.74) is 3.65. The summed E-state index contributed by atoms with van der Waals surface area (Å²) >= 11 is 0. The molecule has 0 bridgehead atoms. The standard InChI is InChI=1S/C16H20N2O/c1-12-6-7-16(19-3)14(9-12)10-15(17-2)13-5-4-8-18-11-13/h4-9,11,15,17H,10H2,1-3H3. The van der Waals surface area contributed by atoms with Gasteiger partial charge in [0.1, 0.15) is 5.75 Å². The minimum atomic E-state index is 0.240. The molecule has 1 heterocycles. The van der Waals surface area contributed by atoms with Gasteiger partial charge in [0.15, 0.2) is 0 Å². The van der Waals surface area contributed by atoms with E-state index in [4.69, 9.17) is 4.74 Å². The molecular weight excluding hydrogens is 236 g/mol. The molecule has 0 aliphatic rings. The van der Waals surface area contributed by atoms with Gasteiger partial charge in [-0.2, -0.15) is 0 Å². The van der Waals surface area contributed by atoms with Crippen molar-refractivity contribution < 1.29 is 4.74 Å². The van der Waals surface area contributed by atoms with E-state index in [1.54, 1.807) is 13.3 Å². The van der Waals surface area contributed by atoms with Crippen LogP contribution in [0.5, 0.6) is 5.75 Å². The zero-order valence-corrected chi connectivity index (χ0v) is 11.7. The molecule has 0 saturated heterocycles. The fourth-order valence-electron chi connectivity index (χ4n) is 2.26. The van der Waals surface area contributed by atoms with E-state index in [-0.39, 0.29) is 6.04 Å². The fourth-order valence-corrected chi connectivity index (χ4v) is 2.26. The lowest BCUT2D eigenvalue weighted by atomic mass is 9.98. The zero-order valence-electron chi connectivity index (χ0n) is 11.7. The minimum Gasteiger partial charge on any atom is -0.496 e. The number of benzene rings is 1. The summed E-state index contributed by atoms with van der Waals surface area (Å²) in [6, 6.07) is 10.6. The monoisotopic (exact) mass is 256 g/mol. The lowest BCUT2D eigenvalue weighted by Gasteiger charge is -2.18. The Morgan fingerprint density at radius 1 is 1.32 bits per heavy atom. The summed E-state index contributed by atoms with van der Waals surface area (Å²) in [6.45, 7) is 2.10. The van der Waals surface area contributed by atoms with E-state index in [1.807, 2.05) is 25.4 Å². The average molecular weight is 256 g/mol. The molecule has 0 saturated carbocycles. The molecule has 100 valence electrons. The number of nitrogens with one attached hydrogen (secondary N) is 1. The number of likely N-dealkylation sites (N-methyl/N-ethyl adjacent to an activating group) is 1. The first-order chi connectivity index (χ1) is 9.24. The van der Waals surface area contributed by atoms with Gasteiger partial charge < -0.3 is 10.1 Å². The maximum absolute atomic E-state index is 5.44. The van der Waals surface area contributed by atoms with Crippen LogP contribution in [0.2, 0.25) is 0 Å². The number of methoxy groups -OCH3 is 1. The molecule has 19 heavy (non-hydrogen) atoms. The number of nitrogens with zero attached hydrogens (tertiary/aromatic N) is 1. The number of ether oxygens (including phenoxy) is 1. The Morgan fingerprint density at radius 3 is 2.79 bits per heavy atom. The maximum atomic E-state index is 5.44. The quantitative estimate of drug-likeness (QED) is 0.893. The Kier molecular flexibility index (Phi) is 4.53. The van der Waals surface area contributed by atoms with Crippen LogP contribution in [0.4, 0.5) is 0 Å². The number of aryl methyl sites for hydroxylation is 1. The van der Waals surface area contributed by atoms with Crippen LogP contribution in [0.1, 0.15) is 22.7 Å². The SMILES string of the molecule is CNC(Cc1cc(C)ccc1OC)c1cccnc1. The van der Waals surface area contributed by atoms with Crippen molar-refractivity contribution in [2.75, 3.05) is 14.2 Å². The largest absolute Gasteiger partial charge is 0.496 e. The van der Waals surface area contributed by atoms with Gasteiger partial charge in [-0.1, -0.05) is 23.8 Å². The first-order valence-electron chi connectivity index (χ1n) is 6.45. The Bertz CT molecular complexity index is 526. The summed E-state index contributed by atoms with van der Waals surface area (Å²) < 4.78 is 5.44. The molecule has 0 fully saturated rings. The van der Waals surface area contributed by atoms with E-state index < -0.39 is 0 Å². The molecule has 2 aromatic rings. The van der Waals surface area contributed by atoms with Crippen molar-refractivity contribution >= 4 is 0 Å². The van der Waals surface area contributed by atoms with Gasteiger partial charge >= 0.3 is 0 Å². The van der Waals surface area contributed by atoms with Gasteiger partial charge in [-0.3, -0.25) is 4.98 Å². The normalized spacial score (nSPS) is 12.2. The highest BCUT2D eigenvalue weighted by Crippen LogP contribution is 2.25. The van der Waals surface area contributed by atoms with Crippen LogP contribution in [0.25, 0.3) is 0 Å². The van der Waals surface area contributed by atoms with Crippen molar-refractivity contribution in [2.45, 2.75) is 19.4 Å². The number of hydrogen-bond donors (Lipinski definition) is 1. The Hall–Kier alpha value is -1.87. The first-order valence-corrected chi connectivity index (χ1v) is 6.45. The third-order valence-electron chi connectivity index (χ3n) is 3.30. The Balaban J connectivity index is 2.26. The van der Waals surface area contributed by atoms with Crippen LogP contribution in [-0.2, 0) is 6.42 Å². The molecular formula is C16H20N2O. The number of hydrogen-bond acceptors (Lipinski definition) is 3. The van der Waals surface area contributed by atoms with Crippen LogP contribution in [0, 0.1) is 6.92 Å². The van der Waals surface area contributed by atoms with E-state index >= 15 is 0 Å². The maximum Gasteiger partial charge on any atom is 0.122 e. The second-order valence-electron chi connectivity index (χ2n) is 4.65. The van der Waals surface area contributed by atoms with Gasteiger partial charge in [0.2, 0.25) is 0 Å². The molecule has 1 atom stereocenters. The van der Waals surface area contributed by atoms with Crippen LogP contribution < -0.4 is 10.1 Å². The second-order valence-corrected chi connectivity index (χ2v) is 4.65. The zero-order chi connectivity index (χ0) is 13.7. The summed E-state index contributed by atoms with van der Waals surface area (Å²) in [7, 11) is 3.69. The smallest absolute Gasteiger partial charge is 0.122 e. The molecule has 1 unspecified atom stereocenters. The van der Waals surface area contributed by atoms with E-state index in [1.165, 1.54) is 16.7 Å². The lowest BCUT2D eigenvalue weighted by molar-refractivity contribution is 0.406. The predicted molar refractivity (Wildman–Crippen MR) is 77.5 cm³/mol. The number of rotatable bonds is 5. The van der Waals surface area contributed by atoms with Gasteiger partial charge in [0.05, 0.1) is 7.11 Å². The van der Waals surface area contributed by atoms with Crippen molar-refractivity contribution in [3.63, 3.8) is 0 Å². The molecule has 2 rings (SSSR count). The van der Waals surface area contributed by atoms with E-state index in [2.05, 4.69) is 35.4 Å². The molecule has 3 nitrogen and oxygen atoms in total. The first kappa shape index (κ1) is 13.6. The molecule has 0 aliphatic carbocycles. The minimum absolute atomic E-state index is 0.240. The van der Waals surface area contributed by atoms with Crippen LogP contribution in [-0.4, -0.2) is 19.1 Å². The van der Waals surface area contributed by atoms with E-state index in [0.29, 0.717) is 0 Å². The summed E-state index contributed by atoms with van der Waals surface area (Å²) in [5, 5.41) is 3.34. The summed E-state index contributed by atoms with van der Waals surface area (Å²) in [5.74, 6) is 0.940. The third kappa shape index (κ3) is 3.32. The molecule has 1 aromatic heterocycles. The molecule has 0 radical (unpaired) electrons. The van der Waals surface area contributed by atoms with Crippen LogP contribution in [0.3, 0.4) is 0 Å². The predicted octanol–water partition coefficient (Wildman–Crippen LogP) is 2.90. The summed E-state index contributed by atoms with van der Waals surface area (Å²) in [4.78, 5) is 4.18. The molecule has 0 amide bonds. The van der Waals surface area contributed by atoms with Crippen molar-refractivity contribution in [3.05, 3.63) is 59.4 Å². The Labute approximate surface area is 114 Å². The lowest BCUT2D eigenvalue weighted by Crippen LogP contribution is -2.19. The van der Waals surface area contributed by atoms with Crippen molar-refractivity contribution in [2.24, 2.45) is 0 Å². The van der Waals surface area contributed by atoms with Crippen molar-refractivity contribution in [1.29, 1.82) is 0 Å². The van der Waals surface area contributed by atoms with E-state index in [0.717, 1.165) is 12.2 Å². The molecule has 0 spiro atoms. The summed E-state index contributed by atoms with van der Waals surface area (Å²) in [6.07, 6.45) is 4.58. The number of pyridine rings is 1. The molecule has 1 N–H and O–H groups in total. The highest BCUT2D eigenvalue weighted by atomic mass is 16.5. The molecule has 1 aromatic carbocycles. The van der Waals surface area contributed by atoms with Gasteiger partial charge in [-0.05, 0) is 43.7 Å². The van der Waals surface area contributed by atoms with Gasteiger partial charge in [-0.25, -0.2) is 0 Å². The van der Waals surface area contributed by atoms with Gasteiger partial charge in [-0.15, -0.1) is 0 Å². The highest BCUT2D eigenvalue weighted by Gasteiger charge is 2.13. The topological polar surface area (TPSA) is 34.1 Å². The van der Waals surface area contributed by atoms with E-state index in [9.17, 15) is 0 Å².